The first-order chi connectivity index (χ1) is 11.3. The van der Waals surface area contributed by atoms with Crippen molar-refractivity contribution in [3.8, 4) is 11.5 Å². The van der Waals surface area contributed by atoms with E-state index in [2.05, 4.69) is 10.6 Å². The number of rotatable bonds is 5. The van der Waals surface area contributed by atoms with Crippen LogP contribution in [0.25, 0.3) is 0 Å². The van der Waals surface area contributed by atoms with Gasteiger partial charge in [-0.15, -0.1) is 0 Å². The molecule has 1 aliphatic rings. The Hall–Kier alpha value is -2.12. The lowest BCUT2D eigenvalue weighted by atomic mass is 9.98. The number of nitrogens with one attached hydrogen (secondary N) is 2. The molecule has 5 nitrogen and oxygen atoms in total. The predicted molar refractivity (Wildman–Crippen MR) is 83.5 cm³/mol. The maximum Gasteiger partial charge on any atom is 0.408 e. The van der Waals surface area contributed by atoms with E-state index in [0.29, 0.717) is 24.3 Å². The molecule has 1 aliphatic carbocycles. The second kappa shape index (κ2) is 7.63. The summed E-state index contributed by atoms with van der Waals surface area (Å²) >= 11 is 0. The smallest absolute Gasteiger partial charge is 0.408 e. The number of amides is 2. The molecule has 1 aromatic carbocycles. The minimum Gasteiger partial charge on any atom is -0.497 e. The third-order valence-corrected chi connectivity index (χ3v) is 4.12. The van der Waals surface area contributed by atoms with Gasteiger partial charge in [0.15, 0.2) is 0 Å². The third-order valence-electron chi connectivity index (χ3n) is 4.12. The standard InChI is InChI=1S/C16H21F3N2O3/c1-23-12-7-11(8-13(9-12)24-2)20-15(22)21-14(16(17,18)19)10-5-3-4-6-10/h7-10,14H,3-6H2,1-2H3,(H2,20,21,22)/t14-/m1/s1. The lowest BCUT2D eigenvalue weighted by molar-refractivity contribution is -0.164. The first-order valence-electron chi connectivity index (χ1n) is 7.71. The molecule has 1 aromatic rings. The summed E-state index contributed by atoms with van der Waals surface area (Å²) in [6, 6.07) is 1.85. The number of halogens is 3. The zero-order valence-electron chi connectivity index (χ0n) is 13.6. The lowest BCUT2D eigenvalue weighted by Gasteiger charge is -2.27. The molecule has 1 atom stereocenters. The first kappa shape index (κ1) is 18.2. The van der Waals surface area contributed by atoms with Crippen LogP contribution in [0.5, 0.6) is 11.5 Å². The Kier molecular flexibility index (Phi) is 5.80. The maximum atomic E-state index is 13.2. The fourth-order valence-corrected chi connectivity index (χ4v) is 2.95. The van der Waals surface area contributed by atoms with Gasteiger partial charge < -0.3 is 20.1 Å². The molecule has 2 rings (SSSR count). The van der Waals surface area contributed by atoms with Crippen LogP contribution >= 0.6 is 0 Å². The van der Waals surface area contributed by atoms with Crippen molar-refractivity contribution in [2.24, 2.45) is 5.92 Å². The van der Waals surface area contributed by atoms with E-state index in [-0.39, 0.29) is 5.69 Å². The first-order valence-corrected chi connectivity index (χ1v) is 7.71. The molecule has 1 saturated carbocycles. The van der Waals surface area contributed by atoms with E-state index < -0.39 is 24.2 Å². The molecule has 2 N–H and O–H groups in total. The van der Waals surface area contributed by atoms with E-state index in [1.54, 1.807) is 6.07 Å². The summed E-state index contributed by atoms with van der Waals surface area (Å²) in [7, 11) is 2.89. The number of hydrogen-bond donors (Lipinski definition) is 2. The Morgan fingerprint density at radius 3 is 2.12 bits per heavy atom. The number of anilines is 1. The maximum absolute atomic E-state index is 13.2. The molecular weight excluding hydrogens is 325 g/mol. The largest absolute Gasteiger partial charge is 0.497 e. The molecule has 0 aromatic heterocycles. The van der Waals surface area contributed by atoms with Crippen molar-refractivity contribution in [2.45, 2.75) is 37.9 Å². The monoisotopic (exact) mass is 346 g/mol. The number of alkyl halides is 3. The van der Waals surface area contributed by atoms with E-state index in [0.717, 1.165) is 12.8 Å². The molecule has 2 amide bonds. The fourth-order valence-electron chi connectivity index (χ4n) is 2.95. The van der Waals surface area contributed by atoms with Crippen LogP contribution in [-0.4, -0.2) is 32.5 Å². The van der Waals surface area contributed by atoms with E-state index in [9.17, 15) is 18.0 Å². The van der Waals surface area contributed by atoms with E-state index in [4.69, 9.17) is 9.47 Å². The van der Waals surface area contributed by atoms with Crippen LogP contribution < -0.4 is 20.1 Å². The molecular formula is C16H21F3N2O3. The van der Waals surface area contributed by atoms with Gasteiger partial charge in [-0.3, -0.25) is 0 Å². The molecule has 0 heterocycles. The van der Waals surface area contributed by atoms with Crippen molar-refractivity contribution >= 4 is 11.7 Å². The van der Waals surface area contributed by atoms with E-state index in [1.807, 2.05) is 0 Å². The molecule has 0 unspecified atom stereocenters. The van der Waals surface area contributed by atoms with Gasteiger partial charge in [0, 0.05) is 23.9 Å². The summed E-state index contributed by atoms with van der Waals surface area (Å²) in [5.74, 6) is 0.274. The second-order valence-corrected chi connectivity index (χ2v) is 5.76. The average Bonchev–Trinajstić information content (AvgIpc) is 3.04. The summed E-state index contributed by atoms with van der Waals surface area (Å²) in [5.41, 5.74) is 0.288. The predicted octanol–water partition coefficient (Wildman–Crippen LogP) is 3.95. The van der Waals surface area contributed by atoms with Crippen LogP contribution in [0.3, 0.4) is 0 Å². The van der Waals surface area contributed by atoms with Gasteiger partial charge in [0.25, 0.3) is 0 Å². The van der Waals surface area contributed by atoms with Crippen LogP contribution in [0.1, 0.15) is 25.7 Å². The van der Waals surface area contributed by atoms with Gasteiger partial charge in [0.1, 0.15) is 17.5 Å². The Balaban J connectivity index is 2.08. The van der Waals surface area contributed by atoms with Gasteiger partial charge >= 0.3 is 12.2 Å². The van der Waals surface area contributed by atoms with Crippen LogP contribution in [-0.2, 0) is 0 Å². The number of carbonyl (C=O) groups excluding carboxylic acids is 1. The normalized spacial score (nSPS) is 16.5. The van der Waals surface area contributed by atoms with Crippen molar-refractivity contribution in [3.63, 3.8) is 0 Å². The molecule has 24 heavy (non-hydrogen) atoms. The molecule has 1 fully saturated rings. The highest BCUT2D eigenvalue weighted by Gasteiger charge is 2.46. The fraction of sp³-hybridized carbons (Fsp3) is 0.562. The van der Waals surface area contributed by atoms with Crippen LogP contribution in [0.2, 0.25) is 0 Å². The van der Waals surface area contributed by atoms with Crippen LogP contribution in [0, 0.1) is 5.92 Å². The highest BCUT2D eigenvalue weighted by Crippen LogP contribution is 2.35. The van der Waals surface area contributed by atoms with Crippen molar-refractivity contribution in [1.82, 2.24) is 5.32 Å². The summed E-state index contributed by atoms with van der Waals surface area (Å²) in [6.07, 6.45) is -2.02. The second-order valence-electron chi connectivity index (χ2n) is 5.76. The Morgan fingerprint density at radius 2 is 1.67 bits per heavy atom. The van der Waals surface area contributed by atoms with Gasteiger partial charge in [-0.2, -0.15) is 13.2 Å². The highest BCUT2D eigenvalue weighted by molar-refractivity contribution is 5.90. The van der Waals surface area contributed by atoms with Crippen molar-refractivity contribution < 1.29 is 27.4 Å². The molecule has 0 radical (unpaired) electrons. The van der Waals surface area contributed by atoms with Crippen LogP contribution in [0.15, 0.2) is 18.2 Å². The zero-order chi connectivity index (χ0) is 17.7. The topological polar surface area (TPSA) is 59.6 Å². The third kappa shape index (κ3) is 4.69. The molecule has 8 heteroatoms. The summed E-state index contributed by atoms with van der Waals surface area (Å²) < 4.78 is 49.8. The number of carbonyl (C=O) groups is 1. The SMILES string of the molecule is COc1cc(NC(=O)N[C@H](C2CCCC2)C(F)(F)F)cc(OC)c1. The molecule has 0 aliphatic heterocycles. The summed E-state index contributed by atoms with van der Waals surface area (Å²) in [6.45, 7) is 0. The van der Waals surface area contributed by atoms with Gasteiger partial charge in [-0.05, 0) is 18.8 Å². The number of methoxy groups -OCH3 is 2. The number of benzene rings is 1. The van der Waals surface area contributed by atoms with Gasteiger partial charge in [0.05, 0.1) is 14.2 Å². The number of ether oxygens (including phenoxy) is 2. The van der Waals surface area contributed by atoms with E-state index >= 15 is 0 Å². The molecule has 134 valence electrons. The van der Waals surface area contributed by atoms with Gasteiger partial charge in [0.2, 0.25) is 0 Å². The average molecular weight is 346 g/mol. The molecule has 0 saturated heterocycles. The van der Waals surface area contributed by atoms with Crippen molar-refractivity contribution in [3.05, 3.63) is 18.2 Å². The highest BCUT2D eigenvalue weighted by atomic mass is 19.4. The summed E-state index contributed by atoms with van der Waals surface area (Å²) in [4.78, 5) is 12.0. The van der Waals surface area contributed by atoms with Gasteiger partial charge in [-0.25, -0.2) is 4.79 Å². The molecule has 0 bridgehead atoms. The minimum absolute atomic E-state index is 0.288. The van der Waals surface area contributed by atoms with Crippen LogP contribution in [0.4, 0.5) is 23.7 Å². The van der Waals surface area contributed by atoms with Crippen molar-refractivity contribution in [1.29, 1.82) is 0 Å². The number of hydrogen-bond acceptors (Lipinski definition) is 3. The quantitative estimate of drug-likeness (QED) is 0.849. The molecule has 0 spiro atoms. The summed E-state index contributed by atoms with van der Waals surface area (Å²) in [5, 5.41) is 4.47. The minimum atomic E-state index is -4.47. The van der Waals surface area contributed by atoms with E-state index in [1.165, 1.54) is 26.4 Å². The van der Waals surface area contributed by atoms with Crippen molar-refractivity contribution in [2.75, 3.05) is 19.5 Å². The Bertz CT molecular complexity index is 550. The van der Waals surface area contributed by atoms with Gasteiger partial charge in [-0.1, -0.05) is 12.8 Å². The lowest BCUT2D eigenvalue weighted by Crippen LogP contribution is -2.50. The number of urea groups is 1. The Morgan fingerprint density at radius 1 is 1.12 bits per heavy atom. The Labute approximate surface area is 138 Å². The zero-order valence-corrected chi connectivity index (χ0v) is 13.6.